The number of rotatable bonds is 10. The van der Waals surface area contributed by atoms with Gasteiger partial charge in [-0.05, 0) is 55.3 Å². The zero-order chi connectivity index (χ0) is 21.4. The van der Waals surface area contributed by atoms with Crippen molar-refractivity contribution in [1.82, 2.24) is 5.32 Å². The number of hydrogen-bond donors (Lipinski definition) is 1. The molecule has 0 atom stereocenters. The molecule has 0 saturated carbocycles. The van der Waals surface area contributed by atoms with E-state index in [0.29, 0.717) is 12.2 Å². The fourth-order valence-corrected chi connectivity index (χ4v) is 4.66. The Morgan fingerprint density at radius 3 is 2.45 bits per heavy atom. The molecule has 8 heteroatoms. The second kappa shape index (κ2) is 10.6. The van der Waals surface area contributed by atoms with Crippen molar-refractivity contribution in [2.45, 2.75) is 26.0 Å². The molecule has 2 aromatic rings. The van der Waals surface area contributed by atoms with Gasteiger partial charge in [-0.3, -0.25) is 9.10 Å². The maximum Gasteiger partial charge on any atom is 0.240 e. The van der Waals surface area contributed by atoms with Crippen LogP contribution in [0.3, 0.4) is 0 Å². The van der Waals surface area contributed by atoms with Gasteiger partial charge in [-0.15, -0.1) is 0 Å². The molecule has 0 aliphatic rings. The van der Waals surface area contributed by atoms with E-state index in [-0.39, 0.29) is 18.3 Å². The van der Waals surface area contributed by atoms with E-state index in [0.717, 1.165) is 45.2 Å². The van der Waals surface area contributed by atoms with Gasteiger partial charge >= 0.3 is 0 Å². The summed E-state index contributed by atoms with van der Waals surface area (Å²) in [6, 6.07) is 11.9. The van der Waals surface area contributed by atoms with E-state index in [1.165, 1.54) is 12.1 Å². The fraction of sp³-hybridized carbons (Fsp3) is 0.381. The molecular weight excluding hydrogens is 411 g/mol. The first-order valence-corrected chi connectivity index (χ1v) is 12.3. The van der Waals surface area contributed by atoms with Crippen LogP contribution in [0.4, 0.5) is 10.1 Å². The number of halogens is 1. The number of nitrogens with one attached hydrogen (secondary N) is 1. The highest BCUT2D eigenvalue weighted by molar-refractivity contribution is 7.98. The van der Waals surface area contributed by atoms with E-state index in [9.17, 15) is 17.6 Å². The van der Waals surface area contributed by atoms with E-state index in [4.69, 9.17) is 0 Å². The quantitative estimate of drug-likeness (QED) is 0.575. The lowest BCUT2D eigenvalue weighted by Crippen LogP contribution is -2.41. The zero-order valence-corrected chi connectivity index (χ0v) is 18.6. The minimum Gasteiger partial charge on any atom is -0.354 e. The van der Waals surface area contributed by atoms with Crippen molar-refractivity contribution in [2.24, 2.45) is 0 Å². The molecule has 0 bridgehead atoms. The van der Waals surface area contributed by atoms with Crippen LogP contribution < -0.4 is 9.62 Å². The van der Waals surface area contributed by atoms with Crippen molar-refractivity contribution in [3.05, 3.63) is 65.0 Å². The van der Waals surface area contributed by atoms with E-state index in [2.05, 4.69) is 5.32 Å². The average Bonchev–Trinajstić information content (AvgIpc) is 2.64. The summed E-state index contributed by atoms with van der Waals surface area (Å²) in [5, 5.41) is 2.78. The van der Waals surface area contributed by atoms with E-state index < -0.39 is 10.0 Å². The normalized spacial score (nSPS) is 11.3. The van der Waals surface area contributed by atoms with Crippen molar-refractivity contribution >= 4 is 33.4 Å². The highest BCUT2D eigenvalue weighted by Crippen LogP contribution is 2.23. The fourth-order valence-electron chi connectivity index (χ4n) is 2.83. The van der Waals surface area contributed by atoms with Crippen LogP contribution >= 0.6 is 11.8 Å². The van der Waals surface area contributed by atoms with Gasteiger partial charge < -0.3 is 5.32 Å². The monoisotopic (exact) mass is 438 g/mol. The molecule has 0 aromatic heterocycles. The van der Waals surface area contributed by atoms with E-state index >= 15 is 0 Å². The maximum atomic E-state index is 12.9. The summed E-state index contributed by atoms with van der Waals surface area (Å²) in [6.45, 7) is 3.99. The third-order valence-electron chi connectivity index (χ3n) is 4.28. The average molecular weight is 439 g/mol. The maximum absolute atomic E-state index is 12.9. The lowest BCUT2D eigenvalue weighted by atomic mass is 10.1. The number of anilines is 1. The summed E-state index contributed by atoms with van der Waals surface area (Å²) in [5.74, 6) is 1.04. The molecule has 2 rings (SSSR count). The van der Waals surface area contributed by atoms with Crippen LogP contribution in [0.25, 0.3) is 0 Å². The molecule has 5 nitrogen and oxygen atoms in total. The van der Waals surface area contributed by atoms with Crippen molar-refractivity contribution in [3.63, 3.8) is 0 Å². The number of sulfonamides is 1. The molecule has 0 radical (unpaired) electrons. The van der Waals surface area contributed by atoms with Gasteiger partial charge in [-0.1, -0.05) is 29.8 Å². The van der Waals surface area contributed by atoms with Crippen LogP contribution in [0.5, 0.6) is 0 Å². The number of thioether (sulfide) groups is 1. The highest BCUT2D eigenvalue weighted by atomic mass is 32.2. The third-order valence-corrected chi connectivity index (χ3v) is 6.52. The second-order valence-electron chi connectivity index (χ2n) is 6.94. The van der Waals surface area contributed by atoms with Crippen LogP contribution in [-0.2, 0) is 20.6 Å². The number of aryl methyl sites for hydroxylation is 2. The molecule has 158 valence electrons. The molecule has 29 heavy (non-hydrogen) atoms. The van der Waals surface area contributed by atoms with Gasteiger partial charge in [0.1, 0.15) is 12.4 Å². The smallest absolute Gasteiger partial charge is 0.240 e. The summed E-state index contributed by atoms with van der Waals surface area (Å²) < 4.78 is 38.4. The second-order valence-corrected chi connectivity index (χ2v) is 9.95. The highest BCUT2D eigenvalue weighted by Gasteiger charge is 2.22. The molecule has 0 fully saturated rings. The summed E-state index contributed by atoms with van der Waals surface area (Å²) >= 11 is 1.70. The minimum atomic E-state index is -3.58. The van der Waals surface area contributed by atoms with Crippen molar-refractivity contribution in [1.29, 1.82) is 0 Å². The number of carbonyl (C=O) groups is 1. The van der Waals surface area contributed by atoms with Crippen LogP contribution in [-0.4, -0.2) is 39.4 Å². The van der Waals surface area contributed by atoms with Gasteiger partial charge in [-0.25, -0.2) is 12.8 Å². The summed E-state index contributed by atoms with van der Waals surface area (Å²) in [5.41, 5.74) is 3.41. The number of benzene rings is 2. The van der Waals surface area contributed by atoms with E-state index in [1.54, 1.807) is 30.0 Å². The van der Waals surface area contributed by atoms with Crippen molar-refractivity contribution in [2.75, 3.05) is 29.4 Å². The minimum absolute atomic E-state index is 0.245. The molecule has 1 amide bonds. The molecule has 0 aliphatic carbocycles. The predicted molar refractivity (Wildman–Crippen MR) is 118 cm³/mol. The van der Waals surface area contributed by atoms with Gasteiger partial charge in [0.05, 0.1) is 11.9 Å². The number of hydrogen-bond acceptors (Lipinski definition) is 4. The van der Waals surface area contributed by atoms with Crippen molar-refractivity contribution in [3.8, 4) is 0 Å². The van der Waals surface area contributed by atoms with Crippen LogP contribution in [0.1, 0.15) is 23.1 Å². The molecular formula is C21H27FN2O3S2. The van der Waals surface area contributed by atoms with Crippen LogP contribution in [0.15, 0.2) is 42.5 Å². The Kier molecular flexibility index (Phi) is 8.52. The molecule has 0 aliphatic heterocycles. The Labute approximate surface area is 176 Å². The Morgan fingerprint density at radius 1 is 1.14 bits per heavy atom. The Morgan fingerprint density at radius 2 is 1.83 bits per heavy atom. The topological polar surface area (TPSA) is 66.5 Å². The van der Waals surface area contributed by atoms with Crippen LogP contribution in [0, 0.1) is 19.7 Å². The largest absolute Gasteiger partial charge is 0.354 e. The first kappa shape index (κ1) is 23.2. The van der Waals surface area contributed by atoms with Gasteiger partial charge in [0.25, 0.3) is 0 Å². The Balaban J connectivity index is 1.79. The Bertz CT molecular complexity index is 931. The van der Waals surface area contributed by atoms with Gasteiger partial charge in [0.15, 0.2) is 0 Å². The molecule has 1 N–H and O–H groups in total. The first-order valence-electron chi connectivity index (χ1n) is 9.30. The van der Waals surface area contributed by atoms with E-state index in [1.807, 2.05) is 26.0 Å². The first-order chi connectivity index (χ1) is 13.7. The SMILES string of the molecule is Cc1ccc(N(CC(=O)NCCCSCc2ccc(F)cc2)S(C)(=O)=O)c(C)c1. The molecule has 0 saturated heterocycles. The number of amides is 1. The Hall–Kier alpha value is -2.06. The molecule has 0 unspecified atom stereocenters. The third kappa shape index (κ3) is 7.70. The number of carbonyl (C=O) groups excluding carboxylic acids is 1. The summed E-state index contributed by atoms with van der Waals surface area (Å²) in [7, 11) is -3.58. The zero-order valence-electron chi connectivity index (χ0n) is 16.9. The van der Waals surface area contributed by atoms with Gasteiger partial charge in [0.2, 0.25) is 15.9 Å². The number of nitrogens with zero attached hydrogens (tertiary/aromatic N) is 1. The molecule has 0 spiro atoms. The summed E-state index contributed by atoms with van der Waals surface area (Å²) in [6.07, 6.45) is 1.87. The molecule has 0 heterocycles. The predicted octanol–water partition coefficient (Wildman–Crippen LogP) is 3.65. The standard InChI is InChI=1S/C21H27FN2O3S2/c1-16-5-10-20(17(2)13-16)24(29(3,26)27)14-21(25)23-11-4-12-28-15-18-6-8-19(22)9-7-18/h5-10,13H,4,11-12,14-15H2,1-3H3,(H,23,25). The lowest BCUT2D eigenvalue weighted by molar-refractivity contribution is -0.119. The van der Waals surface area contributed by atoms with Gasteiger partial charge in [0, 0.05) is 12.3 Å². The van der Waals surface area contributed by atoms with Crippen LogP contribution in [0.2, 0.25) is 0 Å². The lowest BCUT2D eigenvalue weighted by Gasteiger charge is -2.24. The van der Waals surface area contributed by atoms with Crippen molar-refractivity contribution < 1.29 is 17.6 Å². The molecule has 2 aromatic carbocycles. The van der Waals surface area contributed by atoms with Gasteiger partial charge in [-0.2, -0.15) is 11.8 Å². The summed E-state index contributed by atoms with van der Waals surface area (Å²) in [4.78, 5) is 12.3.